The van der Waals surface area contributed by atoms with Gasteiger partial charge in [0.25, 0.3) is 5.91 Å². The molecular formula is C27H41N3O9. The molecule has 1 unspecified atom stereocenters. The van der Waals surface area contributed by atoms with E-state index >= 15 is 0 Å². The second-order valence-electron chi connectivity index (χ2n) is 11.7. The van der Waals surface area contributed by atoms with E-state index in [1.807, 2.05) is 0 Å². The summed E-state index contributed by atoms with van der Waals surface area (Å²) in [7, 11) is 1.11. The van der Waals surface area contributed by atoms with Crippen LogP contribution in [0, 0.1) is 0 Å². The van der Waals surface area contributed by atoms with Crippen molar-refractivity contribution in [1.29, 1.82) is 0 Å². The number of imide groups is 2. The SMILES string of the molecule is CC(C(=O)N(C)N(C(=O)OC(C)(C)C)C(=O)OC(C)(C)C)N(C(=O)OCc1ccccc1)C(=O)OC(C)(C)C. The number of ether oxygens (including phenoxy) is 4. The van der Waals surface area contributed by atoms with Crippen LogP contribution in [0.25, 0.3) is 0 Å². The van der Waals surface area contributed by atoms with Crippen molar-refractivity contribution in [3.63, 3.8) is 0 Å². The van der Waals surface area contributed by atoms with Crippen LogP contribution in [0.1, 0.15) is 74.8 Å². The van der Waals surface area contributed by atoms with Gasteiger partial charge in [-0.05, 0) is 74.8 Å². The van der Waals surface area contributed by atoms with Gasteiger partial charge in [0.15, 0.2) is 0 Å². The third kappa shape index (κ3) is 11.2. The van der Waals surface area contributed by atoms with Gasteiger partial charge in [-0.15, -0.1) is 5.01 Å². The fraction of sp³-hybridized carbons (Fsp3) is 0.593. The molecule has 0 radical (unpaired) electrons. The highest BCUT2D eigenvalue weighted by Crippen LogP contribution is 2.19. The van der Waals surface area contributed by atoms with Gasteiger partial charge >= 0.3 is 24.4 Å². The zero-order chi connectivity index (χ0) is 30.3. The van der Waals surface area contributed by atoms with E-state index in [9.17, 15) is 24.0 Å². The number of carbonyl (C=O) groups is 5. The molecule has 1 atom stereocenters. The molecule has 0 heterocycles. The van der Waals surface area contributed by atoms with Crippen LogP contribution < -0.4 is 0 Å². The van der Waals surface area contributed by atoms with Crippen LogP contribution >= 0.6 is 0 Å². The minimum atomic E-state index is -1.57. The molecule has 12 nitrogen and oxygen atoms in total. The van der Waals surface area contributed by atoms with Crippen molar-refractivity contribution < 1.29 is 42.9 Å². The largest absolute Gasteiger partial charge is 0.444 e. The molecule has 39 heavy (non-hydrogen) atoms. The van der Waals surface area contributed by atoms with Crippen LogP contribution in [-0.4, -0.2) is 75.1 Å². The zero-order valence-corrected chi connectivity index (χ0v) is 24.7. The normalized spacial score (nSPS) is 12.5. The number of hydrogen-bond acceptors (Lipinski definition) is 9. The van der Waals surface area contributed by atoms with Crippen LogP contribution in [0.15, 0.2) is 30.3 Å². The fourth-order valence-corrected chi connectivity index (χ4v) is 2.90. The van der Waals surface area contributed by atoms with E-state index in [2.05, 4.69) is 0 Å². The van der Waals surface area contributed by atoms with Crippen molar-refractivity contribution in [1.82, 2.24) is 14.9 Å². The Bertz CT molecular complexity index is 1010. The van der Waals surface area contributed by atoms with Crippen molar-refractivity contribution in [2.45, 2.75) is 98.7 Å². The molecule has 12 heteroatoms. The summed E-state index contributed by atoms with van der Waals surface area (Å²) in [5.74, 6) is -1.01. The maximum absolute atomic E-state index is 13.5. The Labute approximate surface area is 230 Å². The van der Waals surface area contributed by atoms with Gasteiger partial charge in [0.05, 0.1) is 0 Å². The quantitative estimate of drug-likeness (QED) is 0.352. The number of hydrogen-bond donors (Lipinski definition) is 0. The van der Waals surface area contributed by atoms with Gasteiger partial charge in [0.1, 0.15) is 29.5 Å². The lowest BCUT2D eigenvalue weighted by Gasteiger charge is -2.35. The van der Waals surface area contributed by atoms with E-state index in [4.69, 9.17) is 18.9 Å². The monoisotopic (exact) mass is 551 g/mol. The molecule has 0 fully saturated rings. The van der Waals surface area contributed by atoms with Crippen LogP contribution in [0.3, 0.4) is 0 Å². The summed E-state index contributed by atoms with van der Waals surface area (Å²) < 4.78 is 21.2. The second-order valence-corrected chi connectivity index (χ2v) is 11.7. The molecule has 0 aliphatic rings. The van der Waals surface area contributed by atoms with Crippen LogP contribution in [0.4, 0.5) is 19.2 Å². The highest BCUT2D eigenvalue weighted by Gasteiger charge is 2.42. The number of rotatable bonds is 4. The fourth-order valence-electron chi connectivity index (χ4n) is 2.90. The van der Waals surface area contributed by atoms with Gasteiger partial charge in [-0.3, -0.25) is 4.79 Å². The van der Waals surface area contributed by atoms with E-state index in [0.29, 0.717) is 20.5 Å². The zero-order valence-electron chi connectivity index (χ0n) is 24.7. The van der Waals surface area contributed by atoms with Crippen LogP contribution in [0.2, 0.25) is 0 Å². The summed E-state index contributed by atoms with van der Waals surface area (Å²) >= 11 is 0. The number of hydrazine groups is 1. The molecule has 5 amide bonds. The maximum Gasteiger partial charge on any atom is 0.439 e. The minimum Gasteiger partial charge on any atom is -0.444 e. The smallest absolute Gasteiger partial charge is 0.439 e. The van der Waals surface area contributed by atoms with Gasteiger partial charge < -0.3 is 18.9 Å². The first-order chi connectivity index (χ1) is 17.6. The molecule has 1 rings (SSSR count). The lowest BCUT2D eigenvalue weighted by atomic mass is 10.2. The molecule has 1 aromatic carbocycles. The van der Waals surface area contributed by atoms with Crippen LogP contribution in [-0.2, 0) is 30.3 Å². The predicted molar refractivity (Wildman–Crippen MR) is 141 cm³/mol. The number of carbonyl (C=O) groups excluding carboxylic acids is 5. The molecule has 0 aliphatic carbocycles. The molecule has 0 aromatic heterocycles. The summed E-state index contributed by atoms with van der Waals surface area (Å²) in [5, 5.41) is 0.979. The average molecular weight is 552 g/mol. The van der Waals surface area contributed by atoms with E-state index in [-0.39, 0.29) is 6.61 Å². The first-order valence-corrected chi connectivity index (χ1v) is 12.4. The van der Waals surface area contributed by atoms with Crippen molar-refractivity contribution in [3.05, 3.63) is 35.9 Å². The Morgan fingerprint density at radius 1 is 0.692 bits per heavy atom. The Balaban J connectivity index is 3.35. The highest BCUT2D eigenvalue weighted by molar-refractivity contribution is 5.97. The van der Waals surface area contributed by atoms with Crippen LogP contribution in [0.5, 0.6) is 0 Å². The van der Waals surface area contributed by atoms with Gasteiger partial charge in [-0.2, -0.15) is 4.90 Å². The van der Waals surface area contributed by atoms with Gasteiger partial charge in [-0.1, -0.05) is 30.3 Å². The standard InChI is InChI=1S/C27H41N3O9/c1-18(20(31)28(11)30(23(34)38-26(5,6)7)24(35)39-27(8,9)10)29(22(33)37-25(2,3)4)21(32)36-17-19-15-13-12-14-16-19/h12-16,18H,17H2,1-11H3. The van der Waals surface area contributed by atoms with Crippen molar-refractivity contribution in [2.75, 3.05) is 7.05 Å². The molecule has 0 saturated heterocycles. The second kappa shape index (κ2) is 12.8. The number of likely N-dealkylation sites (N-methyl/N-ethyl adjacent to an activating group) is 1. The minimum absolute atomic E-state index is 0.183. The van der Waals surface area contributed by atoms with Gasteiger partial charge in [-0.25, -0.2) is 24.2 Å². The number of nitrogens with zero attached hydrogens (tertiary/aromatic N) is 3. The van der Waals surface area contributed by atoms with E-state index in [0.717, 1.165) is 7.05 Å². The van der Waals surface area contributed by atoms with Gasteiger partial charge in [0, 0.05) is 7.05 Å². The summed E-state index contributed by atoms with van der Waals surface area (Å²) in [6.45, 7) is 15.3. The summed E-state index contributed by atoms with van der Waals surface area (Å²) in [6, 6.07) is 7.14. The summed E-state index contributed by atoms with van der Waals surface area (Å²) in [5.41, 5.74) is -2.40. The molecule has 0 N–H and O–H groups in total. The Hall–Kier alpha value is -3.83. The molecule has 0 saturated carbocycles. The lowest BCUT2D eigenvalue weighted by Crippen LogP contribution is -2.59. The average Bonchev–Trinajstić information content (AvgIpc) is 2.74. The number of benzene rings is 1. The highest BCUT2D eigenvalue weighted by atomic mass is 16.6. The predicted octanol–water partition coefficient (Wildman–Crippen LogP) is 5.49. The van der Waals surface area contributed by atoms with Gasteiger partial charge in [0.2, 0.25) is 0 Å². The third-order valence-corrected chi connectivity index (χ3v) is 4.49. The summed E-state index contributed by atoms with van der Waals surface area (Å²) in [4.78, 5) is 66.0. The first-order valence-electron chi connectivity index (χ1n) is 12.4. The van der Waals surface area contributed by atoms with E-state index < -0.39 is 53.1 Å². The number of amides is 5. The van der Waals surface area contributed by atoms with E-state index in [1.165, 1.54) is 6.92 Å². The van der Waals surface area contributed by atoms with Crippen molar-refractivity contribution >= 4 is 30.3 Å². The molecule has 0 spiro atoms. The molecule has 0 bridgehead atoms. The Morgan fingerprint density at radius 3 is 1.51 bits per heavy atom. The Kier molecular flexibility index (Phi) is 10.9. The van der Waals surface area contributed by atoms with Crippen molar-refractivity contribution in [3.8, 4) is 0 Å². The first kappa shape index (κ1) is 33.2. The molecule has 0 aliphatic heterocycles. The summed E-state index contributed by atoms with van der Waals surface area (Å²) in [6.07, 6.45) is -4.72. The Morgan fingerprint density at radius 2 is 1.10 bits per heavy atom. The molecular weight excluding hydrogens is 510 g/mol. The van der Waals surface area contributed by atoms with Crippen molar-refractivity contribution in [2.24, 2.45) is 0 Å². The lowest BCUT2D eigenvalue weighted by molar-refractivity contribution is -0.148. The maximum atomic E-state index is 13.5. The molecule has 218 valence electrons. The van der Waals surface area contributed by atoms with E-state index in [1.54, 1.807) is 92.6 Å². The topological polar surface area (TPSA) is 132 Å². The third-order valence-electron chi connectivity index (χ3n) is 4.49. The molecule has 1 aromatic rings.